The minimum Gasteiger partial charge on any atom is -0.381 e. The van der Waals surface area contributed by atoms with Crippen molar-refractivity contribution in [2.75, 3.05) is 32.2 Å². The SMILES string of the molecule is CC1(NC2=NC3(CCOCC3)CS2)CCCOC1. The molecule has 3 aliphatic rings. The van der Waals surface area contributed by atoms with E-state index in [4.69, 9.17) is 14.5 Å². The van der Waals surface area contributed by atoms with Gasteiger partial charge in [-0.25, -0.2) is 0 Å². The molecule has 1 N–H and O–H groups in total. The topological polar surface area (TPSA) is 42.9 Å². The number of nitrogens with zero attached hydrogens (tertiary/aromatic N) is 1. The monoisotopic (exact) mass is 270 g/mol. The Morgan fingerprint density at radius 2 is 2.00 bits per heavy atom. The summed E-state index contributed by atoms with van der Waals surface area (Å²) in [6, 6.07) is 0. The number of aliphatic imine (C=N–C) groups is 1. The highest BCUT2D eigenvalue weighted by Gasteiger charge is 2.39. The molecule has 3 rings (SSSR count). The van der Waals surface area contributed by atoms with Crippen LogP contribution in [0.25, 0.3) is 0 Å². The van der Waals surface area contributed by atoms with Gasteiger partial charge in [-0.05, 0) is 32.6 Å². The van der Waals surface area contributed by atoms with Crippen LogP contribution in [0.1, 0.15) is 32.6 Å². The van der Waals surface area contributed by atoms with E-state index in [0.717, 1.165) is 56.6 Å². The molecule has 2 saturated heterocycles. The average molecular weight is 270 g/mol. The Hall–Kier alpha value is -0.260. The van der Waals surface area contributed by atoms with Gasteiger partial charge in [0.15, 0.2) is 5.17 Å². The molecule has 102 valence electrons. The molecule has 0 aromatic carbocycles. The summed E-state index contributed by atoms with van der Waals surface area (Å²) in [5, 5.41) is 4.73. The van der Waals surface area contributed by atoms with Crippen molar-refractivity contribution < 1.29 is 9.47 Å². The van der Waals surface area contributed by atoms with Gasteiger partial charge < -0.3 is 14.8 Å². The van der Waals surface area contributed by atoms with E-state index in [1.54, 1.807) is 0 Å². The molecule has 5 heteroatoms. The predicted octanol–water partition coefficient (Wildman–Crippen LogP) is 1.80. The quantitative estimate of drug-likeness (QED) is 0.789. The average Bonchev–Trinajstić information content (AvgIpc) is 2.73. The second-order valence-electron chi connectivity index (χ2n) is 5.88. The molecule has 0 aliphatic carbocycles. The molecule has 3 aliphatic heterocycles. The fraction of sp³-hybridized carbons (Fsp3) is 0.923. The molecule has 1 spiro atoms. The van der Waals surface area contributed by atoms with Crippen molar-refractivity contribution >= 4 is 16.9 Å². The standard InChI is InChI=1S/C13H22N2O2S/c1-12(3-2-6-17-9-12)14-11-15-13(10-18-11)4-7-16-8-5-13/h2-10H2,1H3,(H,14,15). The molecule has 0 bridgehead atoms. The molecule has 0 aromatic heterocycles. The Morgan fingerprint density at radius 1 is 1.17 bits per heavy atom. The summed E-state index contributed by atoms with van der Waals surface area (Å²) < 4.78 is 11.0. The van der Waals surface area contributed by atoms with Crippen molar-refractivity contribution in [1.29, 1.82) is 0 Å². The van der Waals surface area contributed by atoms with Gasteiger partial charge in [-0.15, -0.1) is 0 Å². The number of hydrogen-bond acceptors (Lipinski definition) is 5. The molecule has 18 heavy (non-hydrogen) atoms. The first-order valence-electron chi connectivity index (χ1n) is 6.86. The van der Waals surface area contributed by atoms with Crippen LogP contribution in [0.3, 0.4) is 0 Å². The van der Waals surface area contributed by atoms with Crippen molar-refractivity contribution in [3.63, 3.8) is 0 Å². The Kier molecular flexibility index (Phi) is 3.56. The van der Waals surface area contributed by atoms with Crippen LogP contribution in [0, 0.1) is 0 Å². The fourth-order valence-electron chi connectivity index (χ4n) is 2.84. The lowest BCUT2D eigenvalue weighted by atomic mass is 9.93. The van der Waals surface area contributed by atoms with E-state index in [-0.39, 0.29) is 11.1 Å². The normalized spacial score (nSPS) is 35.5. The maximum atomic E-state index is 5.59. The van der Waals surface area contributed by atoms with Gasteiger partial charge in [0.05, 0.1) is 17.7 Å². The Morgan fingerprint density at radius 3 is 2.72 bits per heavy atom. The van der Waals surface area contributed by atoms with Crippen molar-refractivity contribution in [3.05, 3.63) is 0 Å². The maximum absolute atomic E-state index is 5.59. The third kappa shape index (κ3) is 2.68. The van der Waals surface area contributed by atoms with Gasteiger partial charge in [-0.3, -0.25) is 4.99 Å². The summed E-state index contributed by atoms with van der Waals surface area (Å²) in [4.78, 5) is 4.95. The number of rotatable bonds is 1. The molecule has 0 saturated carbocycles. The van der Waals surface area contributed by atoms with E-state index in [1.165, 1.54) is 6.42 Å². The van der Waals surface area contributed by atoms with Gasteiger partial charge >= 0.3 is 0 Å². The summed E-state index contributed by atoms with van der Waals surface area (Å²) >= 11 is 1.87. The first-order valence-corrected chi connectivity index (χ1v) is 7.85. The predicted molar refractivity (Wildman–Crippen MR) is 74.3 cm³/mol. The van der Waals surface area contributed by atoms with Gasteiger partial charge in [-0.2, -0.15) is 0 Å². The summed E-state index contributed by atoms with van der Waals surface area (Å²) in [5.41, 5.74) is 0.220. The minimum atomic E-state index is 0.0702. The van der Waals surface area contributed by atoms with Crippen LogP contribution >= 0.6 is 11.8 Å². The van der Waals surface area contributed by atoms with Crippen LogP contribution in [0.15, 0.2) is 4.99 Å². The van der Waals surface area contributed by atoms with Crippen LogP contribution in [0.2, 0.25) is 0 Å². The molecule has 0 aromatic rings. The van der Waals surface area contributed by atoms with E-state index < -0.39 is 0 Å². The van der Waals surface area contributed by atoms with Crippen molar-refractivity contribution in [1.82, 2.24) is 5.32 Å². The fourth-order valence-corrected chi connectivity index (χ4v) is 4.18. The zero-order chi connectivity index (χ0) is 12.5. The lowest BCUT2D eigenvalue weighted by Crippen LogP contribution is -2.50. The molecule has 0 radical (unpaired) electrons. The maximum Gasteiger partial charge on any atom is 0.157 e. The largest absolute Gasteiger partial charge is 0.381 e. The van der Waals surface area contributed by atoms with E-state index in [9.17, 15) is 0 Å². The van der Waals surface area contributed by atoms with Crippen molar-refractivity contribution in [3.8, 4) is 0 Å². The van der Waals surface area contributed by atoms with Crippen LogP contribution in [-0.4, -0.2) is 48.4 Å². The Balaban J connectivity index is 1.64. The lowest BCUT2D eigenvalue weighted by Gasteiger charge is -2.35. The van der Waals surface area contributed by atoms with Crippen LogP contribution < -0.4 is 5.32 Å². The first-order chi connectivity index (χ1) is 8.70. The van der Waals surface area contributed by atoms with Gasteiger partial charge in [0, 0.05) is 25.6 Å². The molecular weight excluding hydrogens is 248 g/mol. The number of amidine groups is 1. The minimum absolute atomic E-state index is 0.0702. The Bertz CT molecular complexity index is 334. The molecule has 4 nitrogen and oxygen atoms in total. The zero-order valence-corrected chi connectivity index (χ0v) is 11.9. The zero-order valence-electron chi connectivity index (χ0n) is 11.0. The van der Waals surface area contributed by atoms with Crippen LogP contribution in [0.5, 0.6) is 0 Å². The van der Waals surface area contributed by atoms with E-state index in [1.807, 2.05) is 11.8 Å². The van der Waals surface area contributed by atoms with Gasteiger partial charge in [0.1, 0.15) is 0 Å². The molecule has 0 amide bonds. The highest BCUT2D eigenvalue weighted by atomic mass is 32.2. The van der Waals surface area contributed by atoms with Crippen molar-refractivity contribution in [2.24, 2.45) is 4.99 Å². The molecule has 2 fully saturated rings. The lowest BCUT2D eigenvalue weighted by molar-refractivity contribution is 0.0372. The second-order valence-corrected chi connectivity index (χ2v) is 6.85. The summed E-state index contributed by atoms with van der Waals surface area (Å²) in [6.45, 7) is 5.65. The third-order valence-electron chi connectivity index (χ3n) is 4.09. The number of ether oxygens (including phenoxy) is 2. The molecular formula is C13H22N2O2S. The third-order valence-corrected chi connectivity index (χ3v) is 5.23. The highest BCUT2D eigenvalue weighted by Crippen LogP contribution is 2.36. The van der Waals surface area contributed by atoms with Gasteiger partial charge in [-0.1, -0.05) is 11.8 Å². The molecule has 1 atom stereocenters. The summed E-state index contributed by atoms with van der Waals surface area (Å²) in [5.74, 6) is 1.11. The van der Waals surface area contributed by atoms with Gasteiger partial charge in [0.2, 0.25) is 0 Å². The second kappa shape index (κ2) is 5.02. The Labute approximate surface area is 113 Å². The van der Waals surface area contributed by atoms with Crippen molar-refractivity contribution in [2.45, 2.75) is 43.7 Å². The number of nitrogens with one attached hydrogen (secondary N) is 1. The number of hydrogen-bond donors (Lipinski definition) is 1. The molecule has 1 unspecified atom stereocenters. The smallest absolute Gasteiger partial charge is 0.157 e. The van der Waals surface area contributed by atoms with E-state index in [0.29, 0.717) is 0 Å². The van der Waals surface area contributed by atoms with Crippen LogP contribution in [-0.2, 0) is 9.47 Å². The highest BCUT2D eigenvalue weighted by molar-refractivity contribution is 8.14. The summed E-state index contributed by atoms with van der Waals surface area (Å²) in [6.07, 6.45) is 4.44. The van der Waals surface area contributed by atoms with E-state index in [2.05, 4.69) is 12.2 Å². The van der Waals surface area contributed by atoms with E-state index >= 15 is 0 Å². The molecule has 3 heterocycles. The summed E-state index contributed by atoms with van der Waals surface area (Å²) in [7, 11) is 0. The number of thioether (sulfide) groups is 1. The van der Waals surface area contributed by atoms with Crippen LogP contribution in [0.4, 0.5) is 0 Å². The first kappa shape index (κ1) is 12.8. The van der Waals surface area contributed by atoms with Gasteiger partial charge in [0.25, 0.3) is 0 Å².